The van der Waals surface area contributed by atoms with Crippen LogP contribution in [0.15, 0.2) is 42.5 Å². The molecule has 3 aromatic rings. The van der Waals surface area contributed by atoms with Crippen LogP contribution in [0, 0.1) is 0 Å². The molecule has 0 spiro atoms. The first-order valence-electron chi connectivity index (χ1n) is 7.08. The Hall–Kier alpha value is -1.91. The molecule has 0 bridgehead atoms. The number of carbonyl (C=O) groups is 1. The first kappa shape index (κ1) is 15.0. The van der Waals surface area contributed by atoms with Gasteiger partial charge >= 0.3 is 0 Å². The van der Waals surface area contributed by atoms with Crippen LogP contribution in [0.1, 0.15) is 18.1 Å². The molecule has 1 amide bonds. The fourth-order valence-corrected chi connectivity index (χ4v) is 3.35. The summed E-state index contributed by atoms with van der Waals surface area (Å²) in [5.41, 5.74) is 3.11. The highest BCUT2D eigenvalue weighted by molar-refractivity contribution is 7.22. The lowest BCUT2D eigenvalue weighted by atomic mass is 10.1. The molecule has 0 saturated carbocycles. The number of benzene rings is 2. The van der Waals surface area contributed by atoms with Crippen LogP contribution >= 0.6 is 22.9 Å². The zero-order valence-corrected chi connectivity index (χ0v) is 13.7. The highest BCUT2D eigenvalue weighted by Gasteiger charge is 2.09. The Morgan fingerprint density at radius 1 is 1.18 bits per heavy atom. The summed E-state index contributed by atoms with van der Waals surface area (Å²) in [6.45, 7) is 2.11. The number of nitrogens with one attached hydrogen (secondary N) is 1. The van der Waals surface area contributed by atoms with Crippen molar-refractivity contribution in [1.29, 1.82) is 0 Å². The number of hydrogen-bond donors (Lipinski definition) is 1. The maximum absolute atomic E-state index is 12.1. The standard InChI is InChI=1S/C17H15ClN2OS/c1-2-11-3-5-12(6-4-11)9-16(21)20-17-19-14-8-7-13(18)10-15(14)22-17/h3-8,10H,2,9H2,1H3,(H,19,20,21). The third-order valence-electron chi connectivity index (χ3n) is 3.39. The maximum atomic E-state index is 12.1. The van der Waals surface area contributed by atoms with E-state index in [0.29, 0.717) is 16.6 Å². The van der Waals surface area contributed by atoms with Gasteiger partial charge in [-0.15, -0.1) is 0 Å². The highest BCUT2D eigenvalue weighted by Crippen LogP contribution is 2.28. The number of rotatable bonds is 4. The van der Waals surface area contributed by atoms with Crippen molar-refractivity contribution in [2.75, 3.05) is 5.32 Å². The van der Waals surface area contributed by atoms with Gasteiger partial charge in [0.1, 0.15) is 0 Å². The van der Waals surface area contributed by atoms with Gasteiger partial charge in [-0.2, -0.15) is 0 Å². The van der Waals surface area contributed by atoms with E-state index in [1.54, 1.807) is 6.07 Å². The third-order valence-corrected chi connectivity index (χ3v) is 4.56. The molecule has 1 heterocycles. The number of thiazole rings is 1. The molecule has 1 aromatic heterocycles. The van der Waals surface area contributed by atoms with Crippen molar-refractivity contribution in [3.05, 3.63) is 58.6 Å². The molecule has 0 aliphatic heterocycles. The molecule has 1 N–H and O–H groups in total. The SMILES string of the molecule is CCc1ccc(CC(=O)Nc2nc3ccc(Cl)cc3s2)cc1. The van der Waals surface area contributed by atoms with Gasteiger partial charge in [-0.05, 0) is 35.7 Å². The first-order valence-corrected chi connectivity index (χ1v) is 8.27. The molecule has 0 radical (unpaired) electrons. The minimum absolute atomic E-state index is 0.0607. The molecule has 0 unspecified atom stereocenters. The lowest BCUT2D eigenvalue weighted by Crippen LogP contribution is -2.14. The fourth-order valence-electron chi connectivity index (χ4n) is 2.19. The average Bonchev–Trinajstić information content (AvgIpc) is 2.89. The first-order chi connectivity index (χ1) is 10.6. The molecule has 112 valence electrons. The van der Waals surface area contributed by atoms with Crippen molar-refractivity contribution in [2.45, 2.75) is 19.8 Å². The summed E-state index contributed by atoms with van der Waals surface area (Å²) < 4.78 is 0.968. The van der Waals surface area contributed by atoms with Crippen molar-refractivity contribution in [3.63, 3.8) is 0 Å². The Balaban J connectivity index is 1.69. The molecule has 0 fully saturated rings. The zero-order valence-electron chi connectivity index (χ0n) is 12.1. The Labute approximate surface area is 138 Å². The van der Waals surface area contributed by atoms with Gasteiger partial charge in [-0.3, -0.25) is 4.79 Å². The van der Waals surface area contributed by atoms with Crippen molar-refractivity contribution < 1.29 is 4.79 Å². The molecule has 22 heavy (non-hydrogen) atoms. The number of halogens is 1. The Morgan fingerprint density at radius 2 is 1.91 bits per heavy atom. The van der Waals surface area contributed by atoms with E-state index in [0.717, 1.165) is 22.2 Å². The van der Waals surface area contributed by atoms with E-state index < -0.39 is 0 Å². The number of aryl methyl sites for hydroxylation is 1. The topological polar surface area (TPSA) is 42.0 Å². The van der Waals surface area contributed by atoms with Crippen LogP contribution in [-0.4, -0.2) is 10.9 Å². The van der Waals surface area contributed by atoms with Gasteiger partial charge < -0.3 is 5.32 Å². The Kier molecular flexibility index (Phi) is 4.41. The molecule has 3 rings (SSSR count). The summed E-state index contributed by atoms with van der Waals surface area (Å²) in [4.78, 5) is 16.5. The predicted molar refractivity (Wildman–Crippen MR) is 92.8 cm³/mol. The molecule has 0 atom stereocenters. The van der Waals surface area contributed by atoms with Crippen molar-refractivity contribution in [1.82, 2.24) is 4.98 Å². The van der Waals surface area contributed by atoms with Crippen LogP contribution in [-0.2, 0) is 17.6 Å². The highest BCUT2D eigenvalue weighted by atomic mass is 35.5. The smallest absolute Gasteiger partial charge is 0.230 e. The quantitative estimate of drug-likeness (QED) is 0.753. The molecule has 0 aliphatic carbocycles. The lowest BCUT2D eigenvalue weighted by Gasteiger charge is -2.03. The zero-order chi connectivity index (χ0) is 15.5. The minimum atomic E-state index is -0.0607. The average molecular weight is 331 g/mol. The summed E-state index contributed by atoms with van der Waals surface area (Å²) in [6.07, 6.45) is 1.35. The summed E-state index contributed by atoms with van der Waals surface area (Å²) in [5.74, 6) is -0.0607. The molecule has 2 aromatic carbocycles. The van der Waals surface area contributed by atoms with Crippen LogP contribution in [0.3, 0.4) is 0 Å². The Morgan fingerprint density at radius 3 is 2.64 bits per heavy atom. The number of fused-ring (bicyclic) bond motifs is 1. The molecule has 0 saturated heterocycles. The van der Waals surface area contributed by atoms with Gasteiger partial charge in [-0.25, -0.2) is 4.98 Å². The second kappa shape index (κ2) is 6.46. The van der Waals surface area contributed by atoms with E-state index in [9.17, 15) is 4.79 Å². The summed E-state index contributed by atoms with van der Waals surface area (Å²) in [5, 5.41) is 4.13. The molecule has 3 nitrogen and oxygen atoms in total. The molecular formula is C17H15ClN2OS. The number of carbonyl (C=O) groups excluding carboxylic acids is 1. The van der Waals surface area contributed by atoms with Gasteiger partial charge in [0.2, 0.25) is 5.91 Å². The van der Waals surface area contributed by atoms with Crippen LogP contribution in [0.25, 0.3) is 10.2 Å². The van der Waals surface area contributed by atoms with Crippen LogP contribution in [0.5, 0.6) is 0 Å². The van der Waals surface area contributed by atoms with Crippen LogP contribution < -0.4 is 5.32 Å². The van der Waals surface area contributed by atoms with Gasteiger partial charge in [-0.1, -0.05) is 54.1 Å². The number of nitrogens with zero attached hydrogens (tertiary/aromatic N) is 1. The second-order valence-electron chi connectivity index (χ2n) is 5.03. The van der Waals surface area contributed by atoms with E-state index >= 15 is 0 Å². The number of aromatic nitrogens is 1. The van der Waals surface area contributed by atoms with Crippen molar-refractivity contribution >= 4 is 44.2 Å². The van der Waals surface area contributed by atoms with Gasteiger partial charge in [0, 0.05) is 5.02 Å². The van der Waals surface area contributed by atoms with E-state index in [-0.39, 0.29) is 5.91 Å². The van der Waals surface area contributed by atoms with E-state index in [2.05, 4.69) is 29.4 Å². The Bertz CT molecular complexity index is 811. The molecule has 5 heteroatoms. The third kappa shape index (κ3) is 3.46. The summed E-state index contributed by atoms with van der Waals surface area (Å²) in [7, 11) is 0. The summed E-state index contributed by atoms with van der Waals surface area (Å²) >= 11 is 7.39. The van der Waals surface area contributed by atoms with Gasteiger partial charge in [0.05, 0.1) is 16.6 Å². The fraction of sp³-hybridized carbons (Fsp3) is 0.176. The minimum Gasteiger partial charge on any atom is -0.302 e. The van der Waals surface area contributed by atoms with Crippen LogP contribution in [0.4, 0.5) is 5.13 Å². The predicted octanol–water partition coefficient (Wildman–Crippen LogP) is 4.69. The monoisotopic (exact) mass is 330 g/mol. The molecular weight excluding hydrogens is 316 g/mol. The lowest BCUT2D eigenvalue weighted by molar-refractivity contribution is -0.115. The van der Waals surface area contributed by atoms with E-state index in [4.69, 9.17) is 11.6 Å². The summed E-state index contributed by atoms with van der Waals surface area (Å²) in [6, 6.07) is 13.6. The number of hydrogen-bond acceptors (Lipinski definition) is 3. The molecule has 0 aliphatic rings. The van der Waals surface area contributed by atoms with E-state index in [1.807, 2.05) is 24.3 Å². The van der Waals surface area contributed by atoms with E-state index in [1.165, 1.54) is 16.9 Å². The number of anilines is 1. The largest absolute Gasteiger partial charge is 0.302 e. The van der Waals surface area contributed by atoms with Gasteiger partial charge in [0.25, 0.3) is 0 Å². The van der Waals surface area contributed by atoms with Gasteiger partial charge in [0.15, 0.2) is 5.13 Å². The van der Waals surface area contributed by atoms with Crippen molar-refractivity contribution in [3.8, 4) is 0 Å². The van der Waals surface area contributed by atoms with Crippen molar-refractivity contribution in [2.24, 2.45) is 0 Å². The number of amides is 1. The maximum Gasteiger partial charge on any atom is 0.230 e. The normalized spacial score (nSPS) is 10.8. The van der Waals surface area contributed by atoms with Crippen LogP contribution in [0.2, 0.25) is 5.02 Å². The second-order valence-corrected chi connectivity index (χ2v) is 6.49.